The van der Waals surface area contributed by atoms with E-state index in [1.165, 1.54) is 22.5 Å². The zero-order valence-electron chi connectivity index (χ0n) is 11.5. The van der Waals surface area contributed by atoms with E-state index < -0.39 is 0 Å². The summed E-state index contributed by atoms with van der Waals surface area (Å²) in [5, 5.41) is 7.28. The van der Waals surface area contributed by atoms with Crippen molar-refractivity contribution in [2.45, 2.75) is 0 Å². The van der Waals surface area contributed by atoms with Crippen LogP contribution >= 0.6 is 24.0 Å². The second-order valence-corrected chi connectivity index (χ2v) is 6.80. The summed E-state index contributed by atoms with van der Waals surface area (Å²) in [6.07, 6.45) is 1.95. The second kappa shape index (κ2) is 5.23. The highest BCUT2D eigenvalue weighted by Gasteiger charge is 2.22. The van der Waals surface area contributed by atoms with Gasteiger partial charge in [-0.3, -0.25) is 4.79 Å². The van der Waals surface area contributed by atoms with Gasteiger partial charge in [-0.05, 0) is 39.3 Å². The zero-order chi connectivity index (χ0) is 15.1. The number of hydrogen-bond acceptors (Lipinski definition) is 3. The SMILES string of the molecule is O=C1NC(=S)S/C1=C/c1c2ccccc2cc2ccccc12. The molecular formula is C18H11NOS2. The Kier molecular flexibility index (Phi) is 3.21. The Hall–Kier alpha value is -2.17. The quantitative estimate of drug-likeness (QED) is 0.407. The van der Waals surface area contributed by atoms with E-state index in [0.717, 1.165) is 16.3 Å². The molecule has 1 amide bonds. The number of benzene rings is 3. The molecule has 3 aromatic rings. The fraction of sp³-hybridized carbons (Fsp3) is 0. The standard InChI is InChI=1S/C18H11NOS2/c20-17-16(22-18(21)19-17)10-15-13-7-3-1-5-11(13)9-12-6-2-4-8-14(12)15/h1-10H,(H,19,20,21)/b16-10+. The molecule has 2 nitrogen and oxygen atoms in total. The molecule has 1 aliphatic heterocycles. The van der Waals surface area contributed by atoms with Gasteiger partial charge in [0.15, 0.2) is 0 Å². The van der Waals surface area contributed by atoms with Gasteiger partial charge in [-0.1, -0.05) is 72.5 Å². The predicted octanol–water partition coefficient (Wildman–Crippen LogP) is 4.48. The lowest BCUT2D eigenvalue weighted by Crippen LogP contribution is -2.17. The molecule has 1 saturated heterocycles. The smallest absolute Gasteiger partial charge is 0.263 e. The summed E-state index contributed by atoms with van der Waals surface area (Å²) in [6.45, 7) is 0. The van der Waals surface area contributed by atoms with Gasteiger partial charge in [0, 0.05) is 0 Å². The number of rotatable bonds is 1. The summed E-state index contributed by atoms with van der Waals surface area (Å²) in [4.78, 5) is 12.6. The first-order chi connectivity index (χ1) is 10.7. The van der Waals surface area contributed by atoms with Crippen LogP contribution in [0.5, 0.6) is 0 Å². The van der Waals surface area contributed by atoms with Gasteiger partial charge in [-0.15, -0.1) is 0 Å². The van der Waals surface area contributed by atoms with Crippen molar-refractivity contribution in [3.8, 4) is 0 Å². The van der Waals surface area contributed by atoms with Gasteiger partial charge >= 0.3 is 0 Å². The summed E-state index contributed by atoms with van der Waals surface area (Å²) in [7, 11) is 0. The topological polar surface area (TPSA) is 29.1 Å². The average molecular weight is 321 g/mol. The van der Waals surface area contributed by atoms with Crippen molar-refractivity contribution in [2.24, 2.45) is 0 Å². The molecule has 4 rings (SSSR count). The van der Waals surface area contributed by atoms with E-state index in [1.54, 1.807) is 0 Å². The monoisotopic (exact) mass is 321 g/mol. The lowest BCUT2D eigenvalue weighted by Gasteiger charge is -2.08. The third-order valence-corrected chi connectivity index (χ3v) is 4.89. The summed E-state index contributed by atoms with van der Waals surface area (Å²) < 4.78 is 0.515. The van der Waals surface area contributed by atoms with Crippen LogP contribution in [-0.2, 0) is 4.79 Å². The second-order valence-electron chi connectivity index (χ2n) is 5.08. The fourth-order valence-electron chi connectivity index (χ4n) is 2.76. The average Bonchev–Trinajstić information content (AvgIpc) is 2.84. The van der Waals surface area contributed by atoms with E-state index in [2.05, 4.69) is 35.6 Å². The van der Waals surface area contributed by atoms with Gasteiger partial charge in [0.2, 0.25) is 0 Å². The molecule has 0 bridgehead atoms. The summed E-state index contributed by atoms with van der Waals surface area (Å²) >= 11 is 6.39. The third-order valence-electron chi connectivity index (χ3n) is 3.73. The molecule has 0 aromatic heterocycles. The first-order valence-electron chi connectivity index (χ1n) is 6.88. The molecule has 4 heteroatoms. The van der Waals surface area contributed by atoms with Crippen LogP contribution in [0.15, 0.2) is 59.5 Å². The van der Waals surface area contributed by atoms with Crippen LogP contribution in [0.2, 0.25) is 0 Å². The number of amides is 1. The van der Waals surface area contributed by atoms with Crippen LogP contribution in [0.1, 0.15) is 5.56 Å². The molecule has 3 aromatic carbocycles. The van der Waals surface area contributed by atoms with Gasteiger partial charge < -0.3 is 5.32 Å². The van der Waals surface area contributed by atoms with Crippen LogP contribution in [0.25, 0.3) is 27.6 Å². The molecule has 1 N–H and O–H groups in total. The summed E-state index contributed by atoms with van der Waals surface area (Å²) in [6, 6.07) is 18.6. The van der Waals surface area contributed by atoms with Gasteiger partial charge in [0.1, 0.15) is 4.32 Å². The molecule has 1 fully saturated rings. The number of fused-ring (bicyclic) bond motifs is 2. The molecule has 0 unspecified atom stereocenters. The number of thioether (sulfide) groups is 1. The molecule has 0 saturated carbocycles. The van der Waals surface area contributed by atoms with Crippen LogP contribution in [-0.4, -0.2) is 10.2 Å². The van der Waals surface area contributed by atoms with Crippen molar-refractivity contribution >= 4 is 61.8 Å². The minimum Gasteiger partial charge on any atom is -0.307 e. The van der Waals surface area contributed by atoms with Crippen LogP contribution in [0.3, 0.4) is 0 Å². The Morgan fingerprint density at radius 1 is 0.955 bits per heavy atom. The van der Waals surface area contributed by atoms with Crippen molar-refractivity contribution < 1.29 is 4.79 Å². The van der Waals surface area contributed by atoms with Crippen molar-refractivity contribution in [3.05, 3.63) is 65.1 Å². The van der Waals surface area contributed by atoms with E-state index >= 15 is 0 Å². The van der Waals surface area contributed by atoms with E-state index in [-0.39, 0.29) is 5.91 Å². The van der Waals surface area contributed by atoms with Gasteiger partial charge in [-0.25, -0.2) is 0 Å². The molecule has 106 valence electrons. The first-order valence-corrected chi connectivity index (χ1v) is 8.10. The van der Waals surface area contributed by atoms with E-state index in [0.29, 0.717) is 9.23 Å². The molecule has 0 aliphatic carbocycles. The highest BCUT2D eigenvalue weighted by molar-refractivity contribution is 8.26. The predicted molar refractivity (Wildman–Crippen MR) is 97.8 cm³/mol. The molecule has 0 radical (unpaired) electrons. The summed E-state index contributed by atoms with van der Waals surface area (Å²) in [5.74, 6) is -0.119. The van der Waals surface area contributed by atoms with Crippen molar-refractivity contribution in [2.75, 3.05) is 0 Å². The normalized spacial score (nSPS) is 16.6. The molecule has 0 atom stereocenters. The van der Waals surface area contributed by atoms with Gasteiger partial charge in [0.05, 0.1) is 4.91 Å². The van der Waals surface area contributed by atoms with E-state index in [1.807, 2.05) is 30.3 Å². The van der Waals surface area contributed by atoms with Crippen molar-refractivity contribution in [1.29, 1.82) is 0 Å². The lowest BCUT2D eigenvalue weighted by molar-refractivity contribution is -0.115. The molecule has 1 heterocycles. The maximum atomic E-state index is 12.0. The summed E-state index contributed by atoms with van der Waals surface area (Å²) in [5.41, 5.74) is 1.07. The van der Waals surface area contributed by atoms with Crippen molar-refractivity contribution in [1.82, 2.24) is 5.32 Å². The van der Waals surface area contributed by atoms with Crippen LogP contribution in [0.4, 0.5) is 0 Å². The largest absolute Gasteiger partial charge is 0.307 e. The molecule has 0 spiro atoms. The Morgan fingerprint density at radius 2 is 1.55 bits per heavy atom. The minimum atomic E-state index is -0.119. The Balaban J connectivity index is 2.07. The minimum absolute atomic E-state index is 0.119. The first kappa shape index (κ1) is 13.5. The third kappa shape index (κ3) is 2.21. The zero-order valence-corrected chi connectivity index (χ0v) is 13.1. The van der Waals surface area contributed by atoms with Crippen molar-refractivity contribution in [3.63, 3.8) is 0 Å². The van der Waals surface area contributed by atoms with E-state index in [9.17, 15) is 4.79 Å². The highest BCUT2D eigenvalue weighted by Crippen LogP contribution is 2.33. The number of nitrogens with one attached hydrogen (secondary N) is 1. The number of carbonyl (C=O) groups excluding carboxylic acids is 1. The maximum absolute atomic E-state index is 12.0. The highest BCUT2D eigenvalue weighted by atomic mass is 32.2. The van der Waals surface area contributed by atoms with Gasteiger partial charge in [0.25, 0.3) is 5.91 Å². The molecule has 22 heavy (non-hydrogen) atoms. The van der Waals surface area contributed by atoms with Crippen LogP contribution < -0.4 is 5.32 Å². The Morgan fingerprint density at radius 3 is 2.09 bits per heavy atom. The van der Waals surface area contributed by atoms with Crippen LogP contribution in [0, 0.1) is 0 Å². The lowest BCUT2D eigenvalue weighted by atomic mass is 9.96. The van der Waals surface area contributed by atoms with E-state index in [4.69, 9.17) is 12.2 Å². The fourth-order valence-corrected chi connectivity index (χ4v) is 3.78. The Labute approximate surface area is 137 Å². The number of carbonyl (C=O) groups is 1. The number of hydrogen-bond donors (Lipinski definition) is 1. The Bertz CT molecular complexity index is 921. The maximum Gasteiger partial charge on any atom is 0.263 e. The van der Waals surface area contributed by atoms with Gasteiger partial charge in [-0.2, -0.15) is 0 Å². The number of thiocarbonyl (C=S) groups is 1. The molecule has 1 aliphatic rings. The molecular weight excluding hydrogens is 310 g/mol.